The Morgan fingerprint density at radius 2 is 1.18 bits per heavy atom. The highest BCUT2D eigenvalue weighted by atomic mass is 19.4. The molecule has 164 valence electrons. The van der Waals surface area contributed by atoms with Crippen molar-refractivity contribution in [3.05, 3.63) is 16.8 Å². The number of rotatable bonds is 3. The van der Waals surface area contributed by atoms with E-state index < -0.39 is 65.1 Å². The van der Waals surface area contributed by atoms with E-state index in [0.717, 1.165) is 13.8 Å². The average Bonchev–Trinajstić information content (AvgIpc) is 2.71. The minimum Gasteiger partial charge on any atom is -0.496 e. The minimum atomic E-state index is -6.36. The fourth-order valence-corrected chi connectivity index (χ4v) is 2.74. The molecule has 1 heterocycles. The van der Waals surface area contributed by atoms with E-state index in [1.807, 2.05) is 5.43 Å². The van der Waals surface area contributed by atoms with Crippen LogP contribution in [0.1, 0.15) is 20.8 Å². The van der Waals surface area contributed by atoms with Crippen LogP contribution in [0.3, 0.4) is 0 Å². The lowest BCUT2D eigenvalue weighted by atomic mass is 9.90. The van der Waals surface area contributed by atoms with Crippen molar-refractivity contribution >= 4 is 5.71 Å². The summed E-state index contributed by atoms with van der Waals surface area (Å²) in [5, 5.41) is 0. The first-order valence-electron chi connectivity index (χ1n) is 7.41. The van der Waals surface area contributed by atoms with Crippen molar-refractivity contribution in [3.63, 3.8) is 0 Å². The quantitative estimate of drug-likeness (QED) is 0.432. The van der Waals surface area contributed by atoms with E-state index in [2.05, 4.69) is 0 Å². The largest absolute Gasteiger partial charge is 0.496 e. The summed E-state index contributed by atoms with van der Waals surface area (Å²) in [6, 6.07) is 0. The summed E-state index contributed by atoms with van der Waals surface area (Å²) >= 11 is 0. The molecule has 0 radical (unpaired) electrons. The zero-order valence-corrected chi connectivity index (χ0v) is 14.3. The monoisotopic (exact) mass is 439 g/mol. The van der Waals surface area contributed by atoms with E-state index >= 15 is 0 Å². The van der Waals surface area contributed by atoms with E-state index in [0.29, 0.717) is 4.90 Å². The van der Waals surface area contributed by atoms with E-state index in [-0.39, 0.29) is 6.92 Å². The third-order valence-electron chi connectivity index (χ3n) is 3.96. The van der Waals surface area contributed by atoms with Crippen LogP contribution in [-0.4, -0.2) is 58.6 Å². The van der Waals surface area contributed by atoms with E-state index in [4.69, 9.17) is 0 Å². The predicted octanol–water partition coefficient (Wildman–Crippen LogP) is 5.30. The summed E-state index contributed by atoms with van der Waals surface area (Å²) < 4.78 is 157. The third-order valence-corrected chi connectivity index (χ3v) is 3.96. The van der Waals surface area contributed by atoms with Crippen molar-refractivity contribution in [2.45, 2.75) is 51.0 Å². The van der Waals surface area contributed by atoms with Crippen LogP contribution in [0.5, 0.6) is 0 Å². The molecule has 0 atom stereocenters. The number of hydrogen-bond donors (Lipinski definition) is 0. The van der Waals surface area contributed by atoms with Gasteiger partial charge >= 0.3 is 24.7 Å². The molecule has 1 aliphatic heterocycles. The van der Waals surface area contributed by atoms with Crippen molar-refractivity contribution < 1.29 is 57.4 Å². The van der Waals surface area contributed by atoms with Crippen LogP contribution in [0.2, 0.25) is 0 Å². The molecular weight excluding hydrogens is 426 g/mol. The Morgan fingerprint density at radius 1 is 0.821 bits per heavy atom. The first kappa shape index (κ1) is 24.2. The Balaban J connectivity index is 4.15. The summed E-state index contributed by atoms with van der Waals surface area (Å²) in [5.41, 5.74) is -8.76. The molecule has 0 fully saturated rings. The van der Waals surface area contributed by atoms with Crippen LogP contribution >= 0.6 is 0 Å². The van der Waals surface area contributed by atoms with Gasteiger partial charge in [0.1, 0.15) is 5.54 Å². The van der Waals surface area contributed by atoms with Gasteiger partial charge in [-0.3, -0.25) is 9.58 Å². The minimum absolute atomic E-state index is 0.155. The molecule has 0 saturated heterocycles. The van der Waals surface area contributed by atoms with Crippen molar-refractivity contribution in [2.75, 3.05) is 13.1 Å². The summed E-state index contributed by atoms with van der Waals surface area (Å²) in [4.78, 5) is 0.496. The van der Waals surface area contributed by atoms with Gasteiger partial charge in [0, 0.05) is 5.57 Å². The van der Waals surface area contributed by atoms with Gasteiger partial charge in [0.15, 0.2) is 0 Å². The van der Waals surface area contributed by atoms with Crippen LogP contribution < -0.4 is 0 Å². The van der Waals surface area contributed by atoms with Crippen molar-refractivity contribution in [3.8, 4) is 0 Å². The lowest BCUT2D eigenvalue weighted by molar-refractivity contribution is -0.472. The van der Waals surface area contributed by atoms with Crippen molar-refractivity contribution in [2.24, 2.45) is 0 Å². The van der Waals surface area contributed by atoms with Crippen LogP contribution in [0.4, 0.5) is 52.7 Å². The lowest BCUT2D eigenvalue weighted by Crippen LogP contribution is -2.56. The molecule has 1 rings (SSSR count). The molecule has 0 aliphatic carbocycles. The van der Waals surface area contributed by atoms with Crippen molar-refractivity contribution in [1.82, 2.24) is 4.90 Å². The maximum absolute atomic E-state index is 13.4. The van der Waals surface area contributed by atoms with Gasteiger partial charge in [0.2, 0.25) is 0 Å². The summed E-state index contributed by atoms with van der Waals surface area (Å²) in [5.74, 6) is -1.58. The highest BCUT2D eigenvalue weighted by Gasteiger charge is 2.71. The second kappa shape index (κ2) is 6.90. The summed E-state index contributed by atoms with van der Waals surface area (Å²) in [6.07, 6.45) is -25.4. The fraction of sp³-hybridized carbons (Fsp3) is 0.769. The van der Waals surface area contributed by atoms with E-state index in [9.17, 15) is 52.7 Å². The average molecular weight is 439 g/mol. The molecule has 1 aliphatic rings. The third kappa shape index (κ3) is 3.71. The smallest absolute Gasteiger partial charge is 0.458 e. The molecule has 0 N–H and O–H groups in total. The number of halogens is 12. The maximum atomic E-state index is 13.4. The Hall–Kier alpha value is -1.83. The Bertz CT molecular complexity index is 628. The molecule has 28 heavy (non-hydrogen) atoms. The van der Waals surface area contributed by atoms with Gasteiger partial charge in [-0.2, -0.15) is 52.7 Å². The van der Waals surface area contributed by atoms with Gasteiger partial charge in [-0.25, -0.2) is 0 Å². The van der Waals surface area contributed by atoms with Gasteiger partial charge in [-0.15, -0.1) is 0 Å². The van der Waals surface area contributed by atoms with Gasteiger partial charge in [-0.05, 0) is 20.8 Å². The fourth-order valence-electron chi connectivity index (χ4n) is 2.74. The normalized spacial score (nSPS) is 18.5. The molecule has 15 heteroatoms. The zero-order valence-electron chi connectivity index (χ0n) is 14.3. The molecule has 3 nitrogen and oxygen atoms in total. The standard InChI is InChI=1S/C13H13F12N3/c1-4-27(5-2)7-6(3)9(12(20,21)22,13(23,24)25)26-28(7)8(10(14,15)16)11(17,18)19/h4-5H2,1-3H3. The first-order chi connectivity index (χ1) is 12.3. The SMILES string of the molecule is CCN(CC)C1=C(C)C(C(F)(F)F)(C(F)(F)F)[N-][N+]1=C(C(F)(F)F)C(F)(F)F. The first-order valence-corrected chi connectivity index (χ1v) is 7.41. The molecule has 0 unspecified atom stereocenters. The topological polar surface area (TPSA) is 20.4 Å². The van der Waals surface area contributed by atoms with Crippen LogP contribution in [0.25, 0.3) is 5.43 Å². The molecular formula is C13H13F12N3. The molecule has 0 aromatic carbocycles. The maximum Gasteiger partial charge on any atom is 0.458 e. The summed E-state index contributed by atoms with van der Waals surface area (Å²) in [7, 11) is 0. The predicted molar refractivity (Wildman–Crippen MR) is 71.2 cm³/mol. The molecule has 0 aromatic heterocycles. The lowest BCUT2D eigenvalue weighted by Gasteiger charge is -2.42. The second-order valence-electron chi connectivity index (χ2n) is 5.58. The van der Waals surface area contributed by atoms with E-state index in [1.165, 1.54) is 0 Å². The van der Waals surface area contributed by atoms with Crippen LogP contribution in [-0.2, 0) is 0 Å². The second-order valence-corrected chi connectivity index (χ2v) is 5.58. The van der Waals surface area contributed by atoms with Crippen molar-refractivity contribution in [1.29, 1.82) is 0 Å². The highest BCUT2D eigenvalue weighted by Crippen LogP contribution is 2.58. The van der Waals surface area contributed by atoms with Gasteiger partial charge in [-0.1, -0.05) is 0 Å². The highest BCUT2D eigenvalue weighted by molar-refractivity contribution is 5.91. The Morgan fingerprint density at radius 3 is 1.43 bits per heavy atom. The number of hydrogen-bond acceptors (Lipinski definition) is 1. The van der Waals surface area contributed by atoms with Gasteiger partial charge < -0.3 is 5.43 Å². The molecule has 0 aromatic rings. The molecule has 0 spiro atoms. The van der Waals surface area contributed by atoms with Crippen LogP contribution in [0.15, 0.2) is 11.4 Å². The van der Waals surface area contributed by atoms with E-state index in [1.54, 1.807) is 0 Å². The Kier molecular flexibility index (Phi) is 5.96. The molecule has 0 saturated carbocycles. The number of alkyl halides is 12. The summed E-state index contributed by atoms with van der Waals surface area (Å²) in [6.45, 7) is 1.45. The Labute approximate surface area is 150 Å². The number of nitrogens with zero attached hydrogens (tertiary/aromatic N) is 3. The zero-order chi connectivity index (χ0) is 22.5. The molecule has 0 bridgehead atoms. The molecule has 0 amide bonds. The van der Waals surface area contributed by atoms with Gasteiger partial charge in [0.25, 0.3) is 11.5 Å². The van der Waals surface area contributed by atoms with Gasteiger partial charge in [0.05, 0.1) is 13.1 Å². The van der Waals surface area contributed by atoms with Crippen LogP contribution in [0, 0.1) is 0 Å².